The lowest BCUT2D eigenvalue weighted by Crippen LogP contribution is -2.65. The minimum atomic E-state index is -1.59. The van der Waals surface area contributed by atoms with Crippen molar-refractivity contribution in [3.8, 4) is 0 Å². The van der Waals surface area contributed by atoms with Crippen molar-refractivity contribution in [2.45, 2.75) is 30.6 Å². The fraction of sp³-hybridized carbons (Fsp3) is 0.278. The number of carbonyl (C=O) groups excluding carboxylic acids is 1. The molecule has 27 heavy (non-hydrogen) atoms. The summed E-state index contributed by atoms with van der Waals surface area (Å²) in [6.07, 6.45) is -7.12. The maximum absolute atomic E-state index is 12.4. The Labute approximate surface area is 155 Å². The molecule has 7 N–H and O–H groups in total. The molecule has 1 fully saturated rings. The Hall–Kier alpha value is -2.69. The number of hydrogen-bond donors (Lipinski definition) is 7. The minimum Gasteiger partial charge on any atom is -0.387 e. The third kappa shape index (κ3) is 4.73. The molecule has 0 saturated carbocycles. The summed E-state index contributed by atoms with van der Waals surface area (Å²) in [6.45, 7) is 0. The second-order valence-electron chi connectivity index (χ2n) is 6.06. The Balaban J connectivity index is 1.60. The summed E-state index contributed by atoms with van der Waals surface area (Å²) >= 11 is 0. The molecule has 9 heteroatoms. The molecule has 9 nitrogen and oxygen atoms in total. The van der Waals surface area contributed by atoms with Gasteiger partial charge in [-0.1, -0.05) is 36.4 Å². The zero-order valence-corrected chi connectivity index (χ0v) is 14.3. The van der Waals surface area contributed by atoms with Crippen molar-refractivity contribution in [1.82, 2.24) is 10.9 Å². The van der Waals surface area contributed by atoms with Gasteiger partial charge in [0.05, 0.1) is 5.69 Å². The first-order chi connectivity index (χ1) is 13.1. The molecule has 0 aliphatic carbocycles. The first-order valence-corrected chi connectivity index (χ1v) is 8.43. The second-order valence-corrected chi connectivity index (χ2v) is 6.06. The molecule has 0 aromatic heterocycles. The van der Waals surface area contributed by atoms with Gasteiger partial charge in [-0.15, -0.1) is 0 Å². The van der Waals surface area contributed by atoms with Crippen LogP contribution in [0.4, 0.5) is 11.4 Å². The van der Waals surface area contributed by atoms with Crippen molar-refractivity contribution in [1.29, 1.82) is 0 Å². The van der Waals surface area contributed by atoms with Gasteiger partial charge >= 0.3 is 0 Å². The van der Waals surface area contributed by atoms with E-state index in [9.17, 15) is 20.1 Å². The van der Waals surface area contributed by atoms with Crippen LogP contribution in [0.3, 0.4) is 0 Å². The van der Waals surface area contributed by atoms with Gasteiger partial charge in [-0.2, -0.15) is 0 Å². The number of hydrazine groups is 2. The van der Waals surface area contributed by atoms with Crippen molar-refractivity contribution in [3.63, 3.8) is 0 Å². The molecule has 3 rings (SSSR count). The van der Waals surface area contributed by atoms with Gasteiger partial charge in [-0.05, 0) is 24.3 Å². The van der Waals surface area contributed by atoms with Crippen LogP contribution in [0.15, 0.2) is 60.7 Å². The van der Waals surface area contributed by atoms with Gasteiger partial charge in [0.25, 0.3) is 5.91 Å². The zero-order valence-electron chi connectivity index (χ0n) is 14.3. The van der Waals surface area contributed by atoms with Crippen LogP contribution >= 0.6 is 0 Å². The average Bonchev–Trinajstić information content (AvgIpc) is 2.71. The van der Waals surface area contributed by atoms with Gasteiger partial charge in [-0.25, -0.2) is 5.43 Å². The molecule has 1 saturated heterocycles. The van der Waals surface area contributed by atoms with Crippen LogP contribution in [0.25, 0.3) is 0 Å². The van der Waals surface area contributed by atoms with E-state index in [1.165, 1.54) is 0 Å². The number of carbonyl (C=O) groups is 1. The number of rotatable bonds is 6. The number of anilines is 2. The van der Waals surface area contributed by atoms with Crippen molar-refractivity contribution >= 4 is 17.3 Å². The van der Waals surface area contributed by atoms with Gasteiger partial charge in [-0.3, -0.25) is 15.6 Å². The lowest BCUT2D eigenvalue weighted by Gasteiger charge is -2.40. The third-order valence-corrected chi connectivity index (χ3v) is 4.11. The van der Waals surface area contributed by atoms with E-state index in [-0.39, 0.29) is 0 Å². The largest absolute Gasteiger partial charge is 0.387 e. The third-order valence-electron chi connectivity index (χ3n) is 4.11. The fourth-order valence-corrected chi connectivity index (χ4v) is 2.62. The summed E-state index contributed by atoms with van der Waals surface area (Å²) < 4.78 is 5.47. The van der Waals surface area contributed by atoms with E-state index in [1.54, 1.807) is 36.4 Å². The smallest absolute Gasteiger partial charge is 0.270 e. The molecule has 0 bridgehead atoms. The fourth-order valence-electron chi connectivity index (χ4n) is 2.62. The maximum Gasteiger partial charge on any atom is 0.270 e. The standard InChI is InChI=1S/C18H22N4O5/c23-13-14(24)16(17(26)21-19-11-7-3-1-4-8-11)27-18(15(13)25)22-20-12-9-5-2-6-10-12/h1-10,13-16,18-20,22-25H,(H,21,26)/t13-,14-,15-,16-,18+/m1/s1. The Morgan fingerprint density at radius 3 is 1.93 bits per heavy atom. The second kappa shape index (κ2) is 8.80. The number of amides is 1. The van der Waals surface area contributed by atoms with E-state index in [0.717, 1.165) is 0 Å². The summed E-state index contributed by atoms with van der Waals surface area (Å²) in [5.41, 5.74) is 12.0. The highest BCUT2D eigenvalue weighted by atomic mass is 16.6. The van der Waals surface area contributed by atoms with E-state index in [1.807, 2.05) is 24.3 Å². The Kier molecular flexibility index (Phi) is 6.22. The highest BCUT2D eigenvalue weighted by molar-refractivity contribution is 5.82. The summed E-state index contributed by atoms with van der Waals surface area (Å²) in [5.74, 6) is -0.691. The van der Waals surface area contributed by atoms with Gasteiger partial charge in [0.2, 0.25) is 0 Å². The number of aliphatic hydroxyl groups excluding tert-OH is 3. The molecule has 2 aromatic rings. The average molecular weight is 374 g/mol. The normalized spacial score (nSPS) is 27.6. The Morgan fingerprint density at radius 2 is 1.33 bits per heavy atom. The molecule has 1 aliphatic rings. The van der Waals surface area contributed by atoms with Crippen LogP contribution in [0.2, 0.25) is 0 Å². The number of hydrogen-bond acceptors (Lipinski definition) is 8. The number of nitrogens with one attached hydrogen (secondary N) is 4. The SMILES string of the molecule is O=C(NNc1ccccc1)[C@@H]1O[C@H](NNc2ccccc2)[C@H](O)[C@H](O)[C@H]1O. The topological polar surface area (TPSA) is 135 Å². The van der Waals surface area contributed by atoms with E-state index in [0.29, 0.717) is 11.4 Å². The quantitative estimate of drug-likeness (QED) is 0.338. The monoisotopic (exact) mass is 374 g/mol. The number of benzene rings is 2. The molecule has 0 spiro atoms. The molecule has 0 unspecified atom stereocenters. The summed E-state index contributed by atoms with van der Waals surface area (Å²) in [5, 5.41) is 30.3. The molecule has 1 aliphatic heterocycles. The minimum absolute atomic E-state index is 0.636. The van der Waals surface area contributed by atoms with Crippen LogP contribution in [0, 0.1) is 0 Å². The molecule has 0 radical (unpaired) electrons. The van der Waals surface area contributed by atoms with Crippen molar-refractivity contribution < 1.29 is 24.9 Å². The first kappa shape index (κ1) is 19.1. The van der Waals surface area contributed by atoms with Crippen molar-refractivity contribution in [2.24, 2.45) is 0 Å². The van der Waals surface area contributed by atoms with Gasteiger partial charge < -0.3 is 25.5 Å². The zero-order chi connectivity index (χ0) is 19.2. The summed E-state index contributed by atoms with van der Waals surface area (Å²) in [4.78, 5) is 12.4. The van der Waals surface area contributed by atoms with Crippen LogP contribution < -0.4 is 21.7 Å². The molecule has 1 amide bonds. The highest BCUT2D eigenvalue weighted by Crippen LogP contribution is 2.20. The van der Waals surface area contributed by atoms with Crippen LogP contribution in [-0.4, -0.2) is 51.9 Å². The lowest BCUT2D eigenvalue weighted by molar-refractivity contribution is -0.225. The first-order valence-electron chi connectivity index (χ1n) is 8.43. The van der Waals surface area contributed by atoms with E-state index >= 15 is 0 Å². The molecule has 5 atom stereocenters. The van der Waals surface area contributed by atoms with Gasteiger partial charge in [0.1, 0.15) is 18.3 Å². The Morgan fingerprint density at radius 1 is 0.778 bits per heavy atom. The molecular formula is C18H22N4O5. The van der Waals surface area contributed by atoms with Crippen LogP contribution in [0.1, 0.15) is 0 Å². The van der Waals surface area contributed by atoms with Gasteiger partial charge in [0, 0.05) is 5.69 Å². The number of para-hydroxylation sites is 2. The summed E-state index contributed by atoms with van der Waals surface area (Å²) in [6, 6.07) is 17.9. The van der Waals surface area contributed by atoms with E-state index in [2.05, 4.69) is 21.7 Å². The maximum atomic E-state index is 12.4. The molecular weight excluding hydrogens is 352 g/mol. The lowest BCUT2D eigenvalue weighted by atomic mass is 9.98. The molecule has 144 valence electrons. The van der Waals surface area contributed by atoms with Crippen LogP contribution in [-0.2, 0) is 9.53 Å². The molecule has 1 heterocycles. The van der Waals surface area contributed by atoms with E-state index in [4.69, 9.17) is 4.74 Å². The number of aliphatic hydroxyl groups is 3. The highest BCUT2D eigenvalue weighted by Gasteiger charge is 2.46. The number of ether oxygens (including phenoxy) is 1. The van der Waals surface area contributed by atoms with Crippen molar-refractivity contribution in [3.05, 3.63) is 60.7 Å². The Bertz CT molecular complexity index is 733. The van der Waals surface area contributed by atoms with Crippen LogP contribution in [0.5, 0.6) is 0 Å². The summed E-state index contributed by atoms with van der Waals surface area (Å²) in [7, 11) is 0. The van der Waals surface area contributed by atoms with Gasteiger partial charge in [0.15, 0.2) is 12.3 Å². The van der Waals surface area contributed by atoms with E-state index < -0.39 is 36.6 Å². The predicted molar refractivity (Wildman–Crippen MR) is 98.1 cm³/mol. The van der Waals surface area contributed by atoms with Crippen molar-refractivity contribution in [2.75, 3.05) is 10.9 Å². The predicted octanol–water partition coefficient (Wildman–Crippen LogP) is -0.446. The molecule has 2 aromatic carbocycles.